The monoisotopic (exact) mass is 612 g/mol. The molecular weight excluding hydrogens is 589 g/mol. The molecule has 6 nitrogen and oxygen atoms in total. The van der Waals surface area contributed by atoms with Crippen LogP contribution >= 0.6 is 11.3 Å². The highest BCUT2D eigenvalue weighted by Crippen LogP contribution is 2.41. The van der Waals surface area contributed by atoms with Gasteiger partial charge in [0.05, 0.1) is 34.5 Å². The van der Waals surface area contributed by atoms with E-state index in [0.717, 1.165) is 41.0 Å². The van der Waals surface area contributed by atoms with Crippen molar-refractivity contribution in [1.29, 1.82) is 0 Å². The van der Waals surface area contributed by atoms with Gasteiger partial charge in [0.1, 0.15) is 11.5 Å². The van der Waals surface area contributed by atoms with Crippen molar-refractivity contribution in [3.8, 4) is 11.3 Å². The van der Waals surface area contributed by atoms with Crippen molar-refractivity contribution >= 4 is 29.1 Å². The standard InChI is InChI=1S/C34H23F3N2O4S/c1-42-32(41)21-11-9-20(10-12-21)30-26-15-13-19-5-2-3-8-25(19)29(26)38-33-39(30)31(40)28(44-33)18-24-14-16-27(43-24)22-6-4-7-23(17-22)34(35,36)37/h2-12,14,16-18,30H,13,15H2,1H3/b28-18+/t30-/m0/s1. The number of benzene rings is 3. The maximum atomic E-state index is 14.0. The van der Waals surface area contributed by atoms with Crippen molar-refractivity contribution in [2.24, 2.45) is 4.99 Å². The van der Waals surface area contributed by atoms with E-state index in [1.807, 2.05) is 30.3 Å². The van der Waals surface area contributed by atoms with Crippen LogP contribution in [0.15, 0.2) is 105 Å². The second kappa shape index (κ2) is 10.6. The van der Waals surface area contributed by atoms with Gasteiger partial charge in [-0.3, -0.25) is 9.36 Å². The summed E-state index contributed by atoms with van der Waals surface area (Å²) in [6, 6.07) is 22.8. The number of hydrogen-bond acceptors (Lipinski definition) is 6. The lowest BCUT2D eigenvalue weighted by Crippen LogP contribution is -2.38. The van der Waals surface area contributed by atoms with Gasteiger partial charge in [-0.25, -0.2) is 9.79 Å². The molecule has 2 aliphatic rings. The highest BCUT2D eigenvalue weighted by molar-refractivity contribution is 7.07. The van der Waals surface area contributed by atoms with Crippen LogP contribution in [0.2, 0.25) is 0 Å². The fourth-order valence-corrected chi connectivity index (χ4v) is 6.79. The van der Waals surface area contributed by atoms with Crippen molar-refractivity contribution in [2.45, 2.75) is 25.1 Å². The average Bonchev–Trinajstić information content (AvgIpc) is 3.63. The Morgan fingerprint density at radius 3 is 2.59 bits per heavy atom. The number of methoxy groups -OCH3 is 1. The molecule has 0 N–H and O–H groups in total. The first kappa shape index (κ1) is 27.8. The first-order chi connectivity index (χ1) is 21.2. The Morgan fingerprint density at radius 1 is 1.02 bits per heavy atom. The fraction of sp³-hybridized carbons (Fsp3) is 0.147. The molecule has 1 aliphatic heterocycles. The van der Waals surface area contributed by atoms with Crippen LogP contribution in [0, 0.1) is 0 Å². The van der Waals surface area contributed by atoms with E-state index in [9.17, 15) is 22.8 Å². The van der Waals surface area contributed by atoms with Crippen LogP contribution in [0.4, 0.5) is 13.2 Å². The number of alkyl halides is 3. The molecule has 3 aromatic carbocycles. The molecule has 1 atom stereocenters. The van der Waals surface area contributed by atoms with E-state index >= 15 is 0 Å². The van der Waals surface area contributed by atoms with Crippen molar-refractivity contribution in [3.05, 3.63) is 144 Å². The first-order valence-corrected chi connectivity index (χ1v) is 14.6. The molecule has 0 bridgehead atoms. The molecule has 0 radical (unpaired) electrons. The number of halogens is 3. The summed E-state index contributed by atoms with van der Waals surface area (Å²) in [7, 11) is 1.33. The van der Waals surface area contributed by atoms with E-state index in [0.29, 0.717) is 27.1 Å². The molecule has 0 spiro atoms. The van der Waals surface area contributed by atoms with Crippen LogP contribution in [0.1, 0.15) is 50.8 Å². The fourth-order valence-electron chi connectivity index (χ4n) is 5.81. The van der Waals surface area contributed by atoms with E-state index in [2.05, 4.69) is 6.07 Å². The normalized spacial score (nSPS) is 16.2. The van der Waals surface area contributed by atoms with Gasteiger partial charge in [0.2, 0.25) is 0 Å². The Kier molecular flexibility index (Phi) is 6.73. The van der Waals surface area contributed by atoms with Gasteiger partial charge in [0, 0.05) is 17.2 Å². The lowest BCUT2D eigenvalue weighted by molar-refractivity contribution is -0.137. The molecule has 0 saturated heterocycles. The van der Waals surface area contributed by atoms with Crippen LogP contribution in [-0.4, -0.2) is 17.6 Å². The number of aryl methyl sites for hydroxylation is 1. The maximum Gasteiger partial charge on any atom is 0.416 e. The third-order valence-electron chi connectivity index (χ3n) is 7.90. The lowest BCUT2D eigenvalue weighted by atomic mass is 9.83. The number of thiazole rings is 1. The van der Waals surface area contributed by atoms with Gasteiger partial charge < -0.3 is 9.15 Å². The number of furan rings is 1. The van der Waals surface area contributed by atoms with E-state index in [-0.39, 0.29) is 16.9 Å². The molecule has 0 amide bonds. The minimum Gasteiger partial charge on any atom is -0.465 e. The third-order valence-corrected chi connectivity index (χ3v) is 8.88. The summed E-state index contributed by atoms with van der Waals surface area (Å²) in [5.74, 6) is 0.136. The molecule has 0 saturated carbocycles. The van der Waals surface area contributed by atoms with Crippen molar-refractivity contribution in [1.82, 2.24) is 4.57 Å². The zero-order valence-corrected chi connectivity index (χ0v) is 24.0. The lowest BCUT2D eigenvalue weighted by Gasteiger charge is -2.30. The largest absolute Gasteiger partial charge is 0.465 e. The van der Waals surface area contributed by atoms with E-state index < -0.39 is 23.8 Å². The Balaban J connectivity index is 1.35. The number of ether oxygens (including phenoxy) is 1. The first-order valence-electron chi connectivity index (χ1n) is 13.8. The van der Waals surface area contributed by atoms with Gasteiger partial charge in [-0.15, -0.1) is 0 Å². The van der Waals surface area contributed by atoms with Crippen LogP contribution < -0.4 is 14.9 Å². The Bertz CT molecular complexity index is 2150. The number of fused-ring (bicyclic) bond motifs is 3. The molecule has 7 rings (SSSR count). The number of allylic oxidation sites excluding steroid dienone is 1. The van der Waals surface area contributed by atoms with Crippen LogP contribution in [0.3, 0.4) is 0 Å². The highest BCUT2D eigenvalue weighted by Gasteiger charge is 2.33. The molecular formula is C34H23F3N2O4S. The summed E-state index contributed by atoms with van der Waals surface area (Å²) < 4.78 is 52.5. The Hall–Kier alpha value is -4.96. The topological polar surface area (TPSA) is 73.8 Å². The zero-order valence-electron chi connectivity index (χ0n) is 23.2. The van der Waals surface area contributed by atoms with Gasteiger partial charge in [0.25, 0.3) is 5.56 Å². The van der Waals surface area contributed by atoms with Gasteiger partial charge in [-0.2, -0.15) is 13.2 Å². The molecule has 220 valence electrons. The van der Waals surface area contributed by atoms with Gasteiger partial charge in [-0.1, -0.05) is 59.9 Å². The summed E-state index contributed by atoms with van der Waals surface area (Å²) in [5, 5.41) is 0. The summed E-state index contributed by atoms with van der Waals surface area (Å²) in [6.45, 7) is 0. The minimum absolute atomic E-state index is 0.255. The second-order valence-corrected chi connectivity index (χ2v) is 11.5. The number of esters is 1. The molecule has 5 aromatic rings. The second-order valence-electron chi connectivity index (χ2n) is 10.5. The maximum absolute atomic E-state index is 14.0. The van der Waals surface area contributed by atoms with Crippen LogP contribution in [0.5, 0.6) is 0 Å². The smallest absolute Gasteiger partial charge is 0.416 e. The average molecular weight is 613 g/mol. The SMILES string of the molecule is COC(=O)c1ccc([C@H]2C3=C(N=c4s/c(=C/c5ccc(-c6cccc(C(F)(F)F)c6)o5)c(=O)n42)c2ccccc2CC3)cc1. The van der Waals surface area contributed by atoms with E-state index in [1.165, 1.54) is 30.1 Å². The van der Waals surface area contributed by atoms with Gasteiger partial charge in [0.15, 0.2) is 4.80 Å². The van der Waals surface area contributed by atoms with Crippen molar-refractivity contribution in [3.63, 3.8) is 0 Å². The predicted octanol–water partition coefficient (Wildman–Crippen LogP) is 6.38. The summed E-state index contributed by atoms with van der Waals surface area (Å²) >= 11 is 1.22. The summed E-state index contributed by atoms with van der Waals surface area (Å²) in [4.78, 5) is 31.6. The van der Waals surface area contributed by atoms with Gasteiger partial charge >= 0.3 is 12.1 Å². The third kappa shape index (κ3) is 4.81. The molecule has 2 aromatic heterocycles. The molecule has 0 fully saturated rings. The van der Waals surface area contributed by atoms with E-state index in [1.54, 1.807) is 41.0 Å². The molecule has 44 heavy (non-hydrogen) atoms. The summed E-state index contributed by atoms with van der Waals surface area (Å²) in [5.41, 5.74) is 4.54. The predicted molar refractivity (Wildman–Crippen MR) is 160 cm³/mol. The number of carbonyl (C=O) groups is 1. The molecule has 0 unspecified atom stereocenters. The minimum atomic E-state index is -4.48. The Morgan fingerprint density at radius 2 is 1.82 bits per heavy atom. The quantitative estimate of drug-likeness (QED) is 0.221. The van der Waals surface area contributed by atoms with Crippen molar-refractivity contribution in [2.75, 3.05) is 7.11 Å². The van der Waals surface area contributed by atoms with Crippen molar-refractivity contribution < 1.29 is 27.1 Å². The Labute approximate surface area is 252 Å². The highest BCUT2D eigenvalue weighted by atomic mass is 32.1. The van der Waals surface area contributed by atoms with E-state index in [4.69, 9.17) is 14.1 Å². The number of carbonyl (C=O) groups excluding carboxylic acids is 1. The number of rotatable bonds is 4. The van der Waals surface area contributed by atoms with Gasteiger partial charge in [-0.05, 0) is 65.9 Å². The van der Waals surface area contributed by atoms with Crippen LogP contribution in [-0.2, 0) is 17.3 Å². The molecule has 1 aliphatic carbocycles. The summed E-state index contributed by atoms with van der Waals surface area (Å²) in [6.07, 6.45) is -1.37. The van der Waals surface area contributed by atoms with Crippen LogP contribution in [0.25, 0.3) is 23.1 Å². The molecule has 3 heterocycles. The zero-order chi connectivity index (χ0) is 30.6. The number of aromatic nitrogens is 1. The number of hydrogen-bond donors (Lipinski definition) is 0. The molecule has 10 heteroatoms. The number of nitrogens with zero attached hydrogens (tertiary/aromatic N) is 2.